The van der Waals surface area contributed by atoms with Crippen molar-refractivity contribution in [1.82, 2.24) is 0 Å². The number of hydrogen-bond acceptors (Lipinski definition) is 2. The molecule has 0 aliphatic rings. The van der Waals surface area contributed by atoms with Gasteiger partial charge in [0.1, 0.15) is 0 Å². The lowest BCUT2D eigenvalue weighted by molar-refractivity contribution is 0.377. The topological polar surface area (TPSA) is 115 Å². The van der Waals surface area contributed by atoms with E-state index in [1.807, 2.05) is 0 Å². The average molecular weight is 202 g/mol. The van der Waals surface area contributed by atoms with Gasteiger partial charge in [0.15, 0.2) is 0 Å². The minimum absolute atomic E-state index is 0.464. The van der Waals surface area contributed by atoms with E-state index < -0.39 is 21.4 Å². The van der Waals surface area contributed by atoms with E-state index in [0.717, 1.165) is 6.08 Å². The Morgan fingerprint density at radius 2 is 1.55 bits per heavy atom. The summed E-state index contributed by atoms with van der Waals surface area (Å²) in [6.07, 6.45) is 0.111. The van der Waals surface area contributed by atoms with Crippen molar-refractivity contribution in [3.63, 3.8) is 0 Å². The van der Waals surface area contributed by atoms with Crippen LogP contribution in [-0.2, 0) is 9.13 Å². The van der Waals surface area contributed by atoms with Gasteiger partial charge >= 0.3 is 15.2 Å². The molecule has 0 heterocycles. The Hall–Kier alpha value is 0.0400. The van der Waals surface area contributed by atoms with Crippen molar-refractivity contribution in [3.8, 4) is 0 Å². The first-order chi connectivity index (χ1) is 4.71. The van der Waals surface area contributed by atoms with Gasteiger partial charge in [-0.25, -0.2) is 0 Å². The molecule has 0 aromatic rings. The van der Waals surface area contributed by atoms with Gasteiger partial charge in [-0.1, -0.05) is 6.08 Å². The van der Waals surface area contributed by atoms with Crippen LogP contribution in [0.3, 0.4) is 0 Å². The van der Waals surface area contributed by atoms with Crippen molar-refractivity contribution in [2.75, 3.05) is 6.16 Å². The first-order valence-electron chi connectivity index (χ1n) is 2.48. The first-order valence-corrected chi connectivity index (χ1v) is 5.96. The fourth-order valence-electron chi connectivity index (χ4n) is 0.322. The van der Waals surface area contributed by atoms with E-state index in [0.29, 0.717) is 5.82 Å². The third kappa shape index (κ3) is 10.0. The van der Waals surface area contributed by atoms with Gasteiger partial charge < -0.3 is 19.6 Å². The van der Waals surface area contributed by atoms with Crippen LogP contribution in [0.2, 0.25) is 0 Å². The summed E-state index contributed by atoms with van der Waals surface area (Å²) in [6.45, 7) is 0. The molecule has 66 valence electrons. The van der Waals surface area contributed by atoms with Gasteiger partial charge in [0, 0.05) is 5.82 Å². The summed E-state index contributed by atoms with van der Waals surface area (Å²) >= 11 is 0. The second kappa shape index (κ2) is 3.63. The zero-order chi connectivity index (χ0) is 9.12. The minimum Gasteiger partial charge on any atom is -0.324 e. The van der Waals surface area contributed by atoms with Crippen molar-refractivity contribution in [2.45, 2.75) is 0 Å². The van der Waals surface area contributed by atoms with E-state index in [9.17, 15) is 9.13 Å². The summed E-state index contributed by atoms with van der Waals surface area (Å²) in [5, 5.41) is 0. The van der Waals surface area contributed by atoms with Crippen LogP contribution >= 0.6 is 15.2 Å². The molecule has 0 bridgehead atoms. The summed E-state index contributed by atoms with van der Waals surface area (Å²) in [5.74, 6) is 0.464. The molecule has 8 heteroatoms. The highest BCUT2D eigenvalue weighted by Gasteiger charge is 2.11. The molecule has 0 saturated heterocycles. The fraction of sp³-hybridized carbons (Fsp3) is 0.333. The van der Waals surface area contributed by atoms with E-state index >= 15 is 0 Å². The van der Waals surface area contributed by atoms with Gasteiger partial charge in [-0.15, -0.1) is 0 Å². The number of hydrogen-bond donors (Lipinski definition) is 4. The summed E-state index contributed by atoms with van der Waals surface area (Å²) in [4.78, 5) is 32.8. The maximum Gasteiger partial charge on any atom is 0.348 e. The standard InChI is InChI=1S/C3H8O6P2/c4-10(5,6)2-1-3-11(7,8)9/h1-2H,3H2,(H2,4,5,6)(H2,7,8,9)/b2-1-. The third-order valence-electron chi connectivity index (χ3n) is 0.643. The SMILES string of the molecule is O=P(O)(O)/C=C\CP(=O)(O)O. The number of rotatable bonds is 3. The Morgan fingerprint density at radius 3 is 1.82 bits per heavy atom. The van der Waals surface area contributed by atoms with E-state index in [2.05, 4.69) is 0 Å². The Morgan fingerprint density at radius 1 is 1.09 bits per heavy atom. The van der Waals surface area contributed by atoms with Gasteiger partial charge in [0.25, 0.3) is 0 Å². The molecule has 4 N–H and O–H groups in total. The molecule has 0 aromatic carbocycles. The van der Waals surface area contributed by atoms with Crippen molar-refractivity contribution in [1.29, 1.82) is 0 Å². The van der Waals surface area contributed by atoms with Gasteiger partial charge in [-0.3, -0.25) is 9.13 Å². The highest BCUT2D eigenvalue weighted by atomic mass is 31.2. The summed E-state index contributed by atoms with van der Waals surface area (Å²) < 4.78 is 20.2. The average Bonchev–Trinajstić information content (AvgIpc) is 1.55. The Labute approximate surface area is 62.9 Å². The van der Waals surface area contributed by atoms with Crippen LogP contribution in [0.5, 0.6) is 0 Å². The highest BCUT2D eigenvalue weighted by molar-refractivity contribution is 7.55. The molecule has 0 rings (SSSR count). The molecule has 0 atom stereocenters. The molecule has 0 unspecified atom stereocenters. The molecule has 0 radical (unpaired) electrons. The maximum atomic E-state index is 10.1. The van der Waals surface area contributed by atoms with Gasteiger partial charge in [-0.2, -0.15) is 0 Å². The van der Waals surface area contributed by atoms with Crippen LogP contribution in [0.1, 0.15) is 0 Å². The molecule has 0 aliphatic heterocycles. The molecular formula is C3H8O6P2. The predicted molar refractivity (Wildman–Crippen MR) is 38.1 cm³/mol. The van der Waals surface area contributed by atoms with Crippen LogP contribution in [-0.4, -0.2) is 25.7 Å². The second-order valence-electron chi connectivity index (χ2n) is 1.82. The summed E-state index contributed by atoms with van der Waals surface area (Å²) in [5.41, 5.74) is 0. The summed E-state index contributed by atoms with van der Waals surface area (Å²) in [6, 6.07) is 0. The molecule has 11 heavy (non-hydrogen) atoms. The minimum atomic E-state index is -4.28. The molecular weight excluding hydrogens is 194 g/mol. The van der Waals surface area contributed by atoms with Crippen molar-refractivity contribution in [2.24, 2.45) is 0 Å². The molecule has 0 fully saturated rings. The van der Waals surface area contributed by atoms with E-state index in [-0.39, 0.29) is 0 Å². The normalized spacial score (nSPS) is 14.2. The third-order valence-corrected chi connectivity index (χ3v) is 1.93. The lowest BCUT2D eigenvalue weighted by atomic mass is 10.8. The lowest BCUT2D eigenvalue weighted by Gasteiger charge is -1.97. The smallest absolute Gasteiger partial charge is 0.324 e. The quantitative estimate of drug-likeness (QED) is 0.473. The van der Waals surface area contributed by atoms with Crippen LogP contribution in [0, 0.1) is 0 Å². The summed E-state index contributed by atoms with van der Waals surface area (Å²) in [7, 11) is -8.46. The molecule has 0 saturated carbocycles. The van der Waals surface area contributed by atoms with Crippen LogP contribution in [0.25, 0.3) is 0 Å². The van der Waals surface area contributed by atoms with Gasteiger partial charge in [0.05, 0.1) is 6.16 Å². The molecule has 0 amide bonds. The molecule has 6 nitrogen and oxygen atoms in total. The second-order valence-corrected chi connectivity index (χ2v) is 4.99. The Kier molecular flexibility index (Phi) is 3.64. The van der Waals surface area contributed by atoms with E-state index in [1.54, 1.807) is 0 Å². The lowest BCUT2D eigenvalue weighted by Crippen LogP contribution is -1.81. The van der Waals surface area contributed by atoms with Gasteiger partial charge in [0.2, 0.25) is 0 Å². The van der Waals surface area contributed by atoms with E-state index in [4.69, 9.17) is 19.6 Å². The van der Waals surface area contributed by atoms with Crippen molar-refractivity contribution >= 4 is 15.2 Å². The van der Waals surface area contributed by atoms with Crippen LogP contribution in [0.4, 0.5) is 0 Å². The molecule has 0 aromatic heterocycles. The van der Waals surface area contributed by atoms with Crippen molar-refractivity contribution < 1.29 is 28.7 Å². The zero-order valence-corrected chi connectivity index (χ0v) is 7.15. The van der Waals surface area contributed by atoms with Crippen molar-refractivity contribution in [3.05, 3.63) is 11.9 Å². The molecule has 0 spiro atoms. The highest BCUT2D eigenvalue weighted by Crippen LogP contribution is 2.39. The number of allylic oxidation sites excluding steroid dienone is 1. The monoisotopic (exact) mass is 202 g/mol. The predicted octanol–water partition coefficient (Wildman–Crippen LogP) is -0.145. The van der Waals surface area contributed by atoms with Gasteiger partial charge in [-0.05, 0) is 0 Å². The zero-order valence-electron chi connectivity index (χ0n) is 5.36. The largest absolute Gasteiger partial charge is 0.348 e. The first kappa shape index (κ1) is 11.0. The van der Waals surface area contributed by atoms with Crippen LogP contribution in [0.15, 0.2) is 11.9 Å². The maximum absolute atomic E-state index is 10.1. The molecule has 0 aliphatic carbocycles. The van der Waals surface area contributed by atoms with E-state index in [1.165, 1.54) is 0 Å². The Balaban J connectivity index is 4.01. The Bertz CT molecular complexity index is 232. The van der Waals surface area contributed by atoms with Crippen LogP contribution < -0.4 is 0 Å². The fourth-order valence-corrected chi connectivity index (χ4v) is 1.25.